The highest BCUT2D eigenvalue weighted by atomic mass is 79.9. The van der Waals surface area contributed by atoms with Crippen molar-refractivity contribution in [3.05, 3.63) is 34.5 Å². The molecule has 0 N–H and O–H groups in total. The second-order valence-corrected chi connectivity index (χ2v) is 3.17. The van der Waals surface area contributed by atoms with Crippen molar-refractivity contribution < 1.29 is 13.2 Å². The highest BCUT2D eigenvalue weighted by Crippen LogP contribution is 2.28. The molecule has 1 nitrogen and oxygen atoms in total. The van der Waals surface area contributed by atoms with Gasteiger partial charge in [0.15, 0.2) is 17.2 Å². The van der Waals surface area contributed by atoms with Gasteiger partial charge in [-0.05, 0) is 28.1 Å². The van der Waals surface area contributed by atoms with Gasteiger partial charge < -0.3 is 4.42 Å². The van der Waals surface area contributed by atoms with Crippen molar-refractivity contribution in [2.45, 2.75) is 0 Å². The summed E-state index contributed by atoms with van der Waals surface area (Å²) < 4.78 is 31.0. The van der Waals surface area contributed by atoms with Crippen LogP contribution in [0.3, 0.4) is 0 Å². The van der Waals surface area contributed by atoms with Crippen LogP contribution < -0.4 is 0 Å². The average molecular weight is 233 g/mol. The summed E-state index contributed by atoms with van der Waals surface area (Å²) in [4.78, 5) is 0. The predicted octanol–water partition coefficient (Wildman–Crippen LogP) is 3.47. The molecule has 0 saturated heterocycles. The van der Waals surface area contributed by atoms with Gasteiger partial charge in [0.2, 0.25) is 0 Å². The van der Waals surface area contributed by atoms with Crippen molar-refractivity contribution >= 4 is 26.9 Å². The number of furan rings is 1. The van der Waals surface area contributed by atoms with Crippen LogP contribution in [0.2, 0.25) is 0 Å². The number of halogens is 3. The van der Waals surface area contributed by atoms with E-state index in [2.05, 4.69) is 15.9 Å². The third kappa shape index (κ3) is 0.948. The van der Waals surface area contributed by atoms with Gasteiger partial charge in [0.25, 0.3) is 0 Å². The van der Waals surface area contributed by atoms with Crippen molar-refractivity contribution in [3.8, 4) is 0 Å². The molecule has 4 heteroatoms. The van der Waals surface area contributed by atoms with Crippen LogP contribution in [-0.2, 0) is 0 Å². The van der Waals surface area contributed by atoms with Gasteiger partial charge in [-0.1, -0.05) is 0 Å². The van der Waals surface area contributed by atoms with E-state index in [1.807, 2.05) is 0 Å². The first-order valence-electron chi connectivity index (χ1n) is 3.21. The van der Waals surface area contributed by atoms with Crippen molar-refractivity contribution in [2.24, 2.45) is 0 Å². The third-order valence-corrected chi connectivity index (χ3v) is 2.17. The van der Waals surface area contributed by atoms with E-state index < -0.39 is 11.6 Å². The van der Waals surface area contributed by atoms with E-state index in [0.717, 1.165) is 6.07 Å². The Bertz CT molecular complexity index is 436. The molecule has 2 rings (SSSR count). The molecule has 0 aliphatic carbocycles. The van der Waals surface area contributed by atoms with Gasteiger partial charge in [0.05, 0.1) is 16.1 Å². The fourth-order valence-corrected chi connectivity index (χ4v) is 1.54. The van der Waals surface area contributed by atoms with E-state index in [9.17, 15) is 8.78 Å². The first-order chi connectivity index (χ1) is 5.70. The average Bonchev–Trinajstić information content (AvgIpc) is 2.48. The largest absolute Gasteiger partial charge is 0.463 e. The molecule has 0 amide bonds. The first kappa shape index (κ1) is 7.73. The Morgan fingerprint density at radius 3 is 2.83 bits per heavy atom. The normalized spacial score (nSPS) is 10.9. The fourth-order valence-electron chi connectivity index (χ4n) is 1.04. The third-order valence-electron chi connectivity index (χ3n) is 1.58. The van der Waals surface area contributed by atoms with Crippen molar-refractivity contribution in [3.63, 3.8) is 0 Å². The number of hydrogen-bond acceptors (Lipinski definition) is 1. The molecule has 0 aliphatic rings. The zero-order valence-electron chi connectivity index (χ0n) is 5.77. The lowest BCUT2D eigenvalue weighted by Gasteiger charge is -1.95. The minimum atomic E-state index is -0.879. The van der Waals surface area contributed by atoms with Crippen LogP contribution >= 0.6 is 15.9 Å². The molecule has 1 heterocycles. The monoisotopic (exact) mass is 232 g/mol. The zero-order valence-corrected chi connectivity index (χ0v) is 7.36. The number of rotatable bonds is 0. The molecule has 12 heavy (non-hydrogen) atoms. The lowest BCUT2D eigenvalue weighted by atomic mass is 10.2. The molecule has 0 atom stereocenters. The SMILES string of the molecule is Fc1cc(Br)c2occc2c1F. The van der Waals surface area contributed by atoms with Crippen LogP contribution in [0.25, 0.3) is 11.0 Å². The molecule has 2 aromatic rings. The van der Waals surface area contributed by atoms with E-state index in [4.69, 9.17) is 4.42 Å². The van der Waals surface area contributed by atoms with Crippen molar-refractivity contribution in [1.29, 1.82) is 0 Å². The Balaban J connectivity index is 2.97. The minimum absolute atomic E-state index is 0.155. The van der Waals surface area contributed by atoms with Crippen LogP contribution in [0.15, 0.2) is 27.3 Å². The molecule has 0 spiro atoms. The summed E-state index contributed by atoms with van der Waals surface area (Å²) in [5.74, 6) is -1.75. The molecule has 1 aromatic heterocycles. The maximum Gasteiger partial charge on any atom is 0.169 e. The zero-order chi connectivity index (χ0) is 8.72. The highest BCUT2D eigenvalue weighted by molar-refractivity contribution is 9.10. The first-order valence-corrected chi connectivity index (χ1v) is 4.00. The molecule has 0 aliphatic heterocycles. The van der Waals surface area contributed by atoms with Crippen LogP contribution in [-0.4, -0.2) is 0 Å². The summed E-state index contributed by atoms with van der Waals surface area (Å²) in [6, 6.07) is 2.43. The van der Waals surface area contributed by atoms with E-state index in [1.165, 1.54) is 12.3 Å². The maximum absolute atomic E-state index is 13.0. The van der Waals surface area contributed by atoms with Gasteiger partial charge in [0, 0.05) is 0 Å². The minimum Gasteiger partial charge on any atom is -0.463 e. The van der Waals surface area contributed by atoms with Gasteiger partial charge in [-0.3, -0.25) is 0 Å². The highest BCUT2D eigenvalue weighted by Gasteiger charge is 2.12. The summed E-state index contributed by atoms with van der Waals surface area (Å²) in [5, 5.41) is 0.155. The molecule has 0 bridgehead atoms. The lowest BCUT2D eigenvalue weighted by molar-refractivity contribution is 0.514. The Kier molecular flexibility index (Phi) is 1.65. The van der Waals surface area contributed by atoms with Crippen LogP contribution in [0, 0.1) is 11.6 Å². The molecule has 0 unspecified atom stereocenters. The second-order valence-electron chi connectivity index (χ2n) is 2.32. The summed E-state index contributed by atoms with van der Waals surface area (Å²) in [7, 11) is 0. The Morgan fingerprint density at radius 2 is 2.08 bits per heavy atom. The van der Waals surface area contributed by atoms with Gasteiger partial charge >= 0.3 is 0 Å². The van der Waals surface area contributed by atoms with Crippen LogP contribution in [0.5, 0.6) is 0 Å². The van der Waals surface area contributed by atoms with E-state index >= 15 is 0 Å². The van der Waals surface area contributed by atoms with Crippen LogP contribution in [0.1, 0.15) is 0 Å². The summed E-state index contributed by atoms with van der Waals surface area (Å²) >= 11 is 3.06. The Morgan fingerprint density at radius 1 is 1.33 bits per heavy atom. The molecule has 0 saturated carbocycles. The molecule has 0 fully saturated rings. The van der Waals surface area contributed by atoms with Gasteiger partial charge in [0.1, 0.15) is 0 Å². The Labute approximate surface area is 75.1 Å². The lowest BCUT2D eigenvalue weighted by Crippen LogP contribution is -1.83. The van der Waals surface area contributed by atoms with Gasteiger partial charge in [-0.15, -0.1) is 0 Å². The van der Waals surface area contributed by atoms with Crippen molar-refractivity contribution in [1.82, 2.24) is 0 Å². The van der Waals surface area contributed by atoms with Crippen molar-refractivity contribution in [2.75, 3.05) is 0 Å². The molecular formula is C8H3BrF2O. The quantitative estimate of drug-likeness (QED) is 0.635. The Hall–Kier alpha value is -0.900. The molecule has 0 radical (unpaired) electrons. The van der Waals surface area contributed by atoms with E-state index in [1.54, 1.807) is 0 Å². The van der Waals surface area contributed by atoms with Gasteiger partial charge in [-0.2, -0.15) is 0 Å². The summed E-state index contributed by atoms with van der Waals surface area (Å²) in [6.45, 7) is 0. The predicted molar refractivity (Wildman–Crippen MR) is 43.8 cm³/mol. The number of hydrogen-bond donors (Lipinski definition) is 0. The molecule has 1 aromatic carbocycles. The topological polar surface area (TPSA) is 13.1 Å². The number of fused-ring (bicyclic) bond motifs is 1. The van der Waals surface area contributed by atoms with E-state index in [-0.39, 0.29) is 5.39 Å². The smallest absolute Gasteiger partial charge is 0.169 e. The fraction of sp³-hybridized carbons (Fsp3) is 0. The van der Waals surface area contributed by atoms with Gasteiger partial charge in [-0.25, -0.2) is 8.78 Å². The summed E-state index contributed by atoms with van der Waals surface area (Å²) in [5.41, 5.74) is 0.328. The maximum atomic E-state index is 13.0. The van der Waals surface area contributed by atoms with Crippen LogP contribution in [0.4, 0.5) is 8.78 Å². The molecule has 62 valence electrons. The summed E-state index contributed by atoms with van der Waals surface area (Å²) in [6.07, 6.45) is 1.32. The van der Waals surface area contributed by atoms with E-state index in [0.29, 0.717) is 10.1 Å². The second kappa shape index (κ2) is 2.55. The number of benzene rings is 1. The standard InChI is InChI=1S/C8H3BrF2O/c9-5-3-6(10)7(11)4-1-2-12-8(4)5/h1-3H. The molecular weight excluding hydrogens is 230 g/mol.